The second-order valence-corrected chi connectivity index (χ2v) is 7.44. The van der Waals surface area contributed by atoms with Crippen LogP contribution in [0.1, 0.15) is 57.1 Å². The fraction of sp³-hybridized carbons (Fsp3) is 0.684. The van der Waals surface area contributed by atoms with Crippen molar-refractivity contribution in [1.82, 2.24) is 5.32 Å². The molecule has 1 aliphatic carbocycles. The normalized spacial score (nSPS) is 21.6. The summed E-state index contributed by atoms with van der Waals surface area (Å²) in [6, 6.07) is 7.76. The molecule has 0 radical (unpaired) electrons. The van der Waals surface area contributed by atoms with Crippen molar-refractivity contribution >= 4 is 5.69 Å². The molecule has 0 amide bonds. The van der Waals surface area contributed by atoms with Crippen LogP contribution in [-0.2, 0) is 6.54 Å². The Balaban J connectivity index is 1.71. The molecule has 2 heteroatoms. The first-order valence-corrected chi connectivity index (χ1v) is 8.67. The molecular formula is C19H30N2. The maximum absolute atomic E-state index is 3.68. The van der Waals surface area contributed by atoms with Gasteiger partial charge >= 0.3 is 0 Å². The zero-order valence-electron chi connectivity index (χ0n) is 13.9. The second-order valence-electron chi connectivity index (χ2n) is 7.44. The van der Waals surface area contributed by atoms with Gasteiger partial charge in [-0.1, -0.05) is 38.0 Å². The van der Waals surface area contributed by atoms with Gasteiger partial charge in [0, 0.05) is 31.4 Å². The number of hydrogen-bond donors (Lipinski definition) is 1. The van der Waals surface area contributed by atoms with Crippen molar-refractivity contribution in [3.8, 4) is 0 Å². The van der Waals surface area contributed by atoms with Gasteiger partial charge in [0.05, 0.1) is 0 Å². The Morgan fingerprint density at radius 3 is 2.57 bits per heavy atom. The van der Waals surface area contributed by atoms with Crippen molar-refractivity contribution in [3.05, 3.63) is 29.3 Å². The molecule has 1 heterocycles. The van der Waals surface area contributed by atoms with Crippen LogP contribution in [0, 0.1) is 12.3 Å². The molecule has 1 aromatic carbocycles. The van der Waals surface area contributed by atoms with Crippen molar-refractivity contribution in [2.75, 3.05) is 18.0 Å². The third-order valence-electron chi connectivity index (χ3n) is 5.56. The molecule has 1 aliphatic heterocycles. The summed E-state index contributed by atoms with van der Waals surface area (Å²) in [4.78, 5) is 2.61. The minimum Gasteiger partial charge on any atom is -0.371 e. The molecule has 1 saturated carbocycles. The zero-order chi connectivity index (χ0) is 14.9. The van der Waals surface area contributed by atoms with Crippen LogP contribution < -0.4 is 10.2 Å². The quantitative estimate of drug-likeness (QED) is 0.870. The van der Waals surface area contributed by atoms with Crippen LogP contribution in [0.3, 0.4) is 0 Å². The van der Waals surface area contributed by atoms with Gasteiger partial charge in [0.1, 0.15) is 0 Å². The molecule has 0 aromatic heterocycles. The molecule has 0 bridgehead atoms. The second kappa shape index (κ2) is 6.00. The van der Waals surface area contributed by atoms with Crippen molar-refractivity contribution in [2.45, 2.75) is 65.5 Å². The molecule has 0 spiro atoms. The van der Waals surface area contributed by atoms with Crippen LogP contribution in [0.4, 0.5) is 5.69 Å². The molecule has 2 aliphatic rings. The zero-order valence-corrected chi connectivity index (χ0v) is 13.9. The summed E-state index contributed by atoms with van der Waals surface area (Å²) in [7, 11) is 0. The Labute approximate surface area is 129 Å². The third kappa shape index (κ3) is 3.60. The molecule has 2 fully saturated rings. The van der Waals surface area contributed by atoms with Crippen molar-refractivity contribution in [3.63, 3.8) is 0 Å². The third-order valence-corrected chi connectivity index (χ3v) is 5.56. The van der Waals surface area contributed by atoms with E-state index in [1.54, 1.807) is 0 Å². The summed E-state index contributed by atoms with van der Waals surface area (Å²) in [6.07, 6.45) is 6.68. The number of nitrogens with one attached hydrogen (secondary N) is 1. The Kier molecular flexibility index (Phi) is 4.26. The summed E-state index contributed by atoms with van der Waals surface area (Å²) < 4.78 is 0. The van der Waals surface area contributed by atoms with E-state index in [4.69, 9.17) is 0 Å². The maximum atomic E-state index is 3.68. The van der Waals surface area contributed by atoms with Gasteiger partial charge in [-0.3, -0.25) is 0 Å². The summed E-state index contributed by atoms with van der Waals surface area (Å²) in [5, 5.41) is 3.68. The largest absolute Gasteiger partial charge is 0.371 e. The summed E-state index contributed by atoms with van der Waals surface area (Å²) in [5.74, 6) is 0. The van der Waals surface area contributed by atoms with Crippen LogP contribution >= 0.6 is 0 Å². The fourth-order valence-corrected chi connectivity index (χ4v) is 3.35. The highest BCUT2D eigenvalue weighted by Gasteiger charge is 2.29. The number of anilines is 1. The van der Waals surface area contributed by atoms with Crippen LogP contribution in [0.15, 0.2) is 18.2 Å². The fourth-order valence-electron chi connectivity index (χ4n) is 3.35. The first kappa shape index (κ1) is 14.9. The van der Waals surface area contributed by atoms with E-state index >= 15 is 0 Å². The highest BCUT2D eigenvalue weighted by atomic mass is 15.1. The Morgan fingerprint density at radius 2 is 1.95 bits per heavy atom. The molecule has 0 atom stereocenters. The minimum atomic E-state index is 0.563. The molecule has 2 nitrogen and oxygen atoms in total. The first-order chi connectivity index (χ1) is 10.1. The Bertz CT molecular complexity index is 482. The molecular weight excluding hydrogens is 256 g/mol. The SMILES string of the molecule is CCC1(C)CCN(c2ccc(C)cc2CNC2CC2)CC1. The lowest BCUT2D eigenvalue weighted by molar-refractivity contribution is 0.238. The number of aryl methyl sites for hydroxylation is 1. The van der Waals surface area contributed by atoms with Gasteiger partial charge in [-0.15, -0.1) is 0 Å². The van der Waals surface area contributed by atoms with Crippen molar-refractivity contribution in [2.24, 2.45) is 5.41 Å². The van der Waals surface area contributed by atoms with Crippen LogP contribution in [-0.4, -0.2) is 19.1 Å². The van der Waals surface area contributed by atoms with Gasteiger partial charge in [-0.2, -0.15) is 0 Å². The van der Waals surface area contributed by atoms with Gasteiger partial charge in [-0.25, -0.2) is 0 Å². The first-order valence-electron chi connectivity index (χ1n) is 8.67. The molecule has 21 heavy (non-hydrogen) atoms. The molecule has 3 rings (SSSR count). The van der Waals surface area contributed by atoms with E-state index in [1.165, 1.54) is 62.0 Å². The topological polar surface area (TPSA) is 15.3 Å². The summed E-state index contributed by atoms with van der Waals surface area (Å²) in [6.45, 7) is 10.5. The molecule has 1 aromatic rings. The average molecular weight is 286 g/mol. The van der Waals surface area contributed by atoms with Crippen molar-refractivity contribution < 1.29 is 0 Å². The number of benzene rings is 1. The Morgan fingerprint density at radius 1 is 1.24 bits per heavy atom. The monoisotopic (exact) mass is 286 g/mol. The number of nitrogens with zero attached hydrogens (tertiary/aromatic N) is 1. The van der Waals surface area contributed by atoms with E-state index in [-0.39, 0.29) is 0 Å². The maximum Gasteiger partial charge on any atom is 0.0412 e. The summed E-state index contributed by atoms with van der Waals surface area (Å²) in [5.41, 5.74) is 4.89. The average Bonchev–Trinajstić information content (AvgIpc) is 3.31. The van der Waals surface area contributed by atoms with E-state index in [1.807, 2.05) is 0 Å². The van der Waals surface area contributed by atoms with Gasteiger partial charge in [0.2, 0.25) is 0 Å². The van der Waals surface area contributed by atoms with Gasteiger partial charge in [0.25, 0.3) is 0 Å². The van der Waals surface area contributed by atoms with Crippen molar-refractivity contribution in [1.29, 1.82) is 0 Å². The van der Waals surface area contributed by atoms with Crippen LogP contribution in [0.2, 0.25) is 0 Å². The van der Waals surface area contributed by atoms with Crippen LogP contribution in [0.25, 0.3) is 0 Å². The molecule has 0 unspecified atom stereocenters. The lowest BCUT2D eigenvalue weighted by Gasteiger charge is -2.40. The number of hydrogen-bond acceptors (Lipinski definition) is 2. The molecule has 1 N–H and O–H groups in total. The number of rotatable bonds is 5. The predicted octanol–water partition coefficient (Wildman–Crippen LogP) is 4.26. The minimum absolute atomic E-state index is 0.563. The predicted molar refractivity (Wildman–Crippen MR) is 90.9 cm³/mol. The van der Waals surface area contributed by atoms with Crippen LogP contribution in [0.5, 0.6) is 0 Å². The number of piperidine rings is 1. The molecule has 116 valence electrons. The van der Waals surface area contributed by atoms with E-state index in [2.05, 4.69) is 49.2 Å². The van der Waals surface area contributed by atoms with Gasteiger partial charge in [0.15, 0.2) is 0 Å². The highest BCUT2D eigenvalue weighted by Crippen LogP contribution is 2.36. The Hall–Kier alpha value is -1.02. The van der Waals surface area contributed by atoms with E-state index < -0.39 is 0 Å². The highest BCUT2D eigenvalue weighted by molar-refractivity contribution is 5.55. The standard InChI is InChI=1S/C19H30N2/c1-4-19(3)9-11-21(12-10-19)18-8-5-15(2)13-16(18)14-20-17-6-7-17/h5,8,13,17,20H,4,6-7,9-12,14H2,1-3H3. The van der Waals surface area contributed by atoms with Gasteiger partial charge in [-0.05, 0) is 49.7 Å². The van der Waals surface area contributed by atoms with E-state index in [0.717, 1.165) is 12.6 Å². The summed E-state index contributed by atoms with van der Waals surface area (Å²) >= 11 is 0. The van der Waals surface area contributed by atoms with E-state index in [0.29, 0.717) is 5.41 Å². The van der Waals surface area contributed by atoms with E-state index in [9.17, 15) is 0 Å². The smallest absolute Gasteiger partial charge is 0.0412 e. The lowest BCUT2D eigenvalue weighted by atomic mass is 9.78. The van der Waals surface area contributed by atoms with Gasteiger partial charge < -0.3 is 10.2 Å². The lowest BCUT2D eigenvalue weighted by Crippen LogP contribution is -2.39. The molecule has 1 saturated heterocycles.